The summed E-state index contributed by atoms with van der Waals surface area (Å²) in [5.41, 5.74) is 5.91. The van der Waals surface area contributed by atoms with Crippen molar-refractivity contribution in [3.05, 3.63) is 11.2 Å². The second kappa shape index (κ2) is 7.94. The molecule has 1 atom stereocenters. The van der Waals surface area contributed by atoms with Crippen molar-refractivity contribution in [2.75, 3.05) is 23.7 Å². The maximum atomic E-state index is 12.1. The summed E-state index contributed by atoms with van der Waals surface area (Å²) in [5, 5.41) is 19.4. The fraction of sp³-hybridized carbons (Fsp3) is 0.625. The molecule has 0 bridgehead atoms. The van der Waals surface area contributed by atoms with Crippen LogP contribution >= 0.6 is 11.6 Å². The van der Waals surface area contributed by atoms with Crippen LogP contribution in [-0.4, -0.2) is 52.6 Å². The van der Waals surface area contributed by atoms with Gasteiger partial charge in [0.25, 0.3) is 0 Å². The van der Waals surface area contributed by atoms with E-state index in [1.807, 2.05) is 4.90 Å². The molecule has 0 radical (unpaired) electrons. The third kappa shape index (κ3) is 5.10. The van der Waals surface area contributed by atoms with Crippen molar-refractivity contribution in [3.8, 4) is 0 Å². The van der Waals surface area contributed by atoms with Gasteiger partial charge in [0.15, 0.2) is 11.0 Å². The highest BCUT2D eigenvalue weighted by molar-refractivity contribution is 6.29. The van der Waals surface area contributed by atoms with Gasteiger partial charge in [0.1, 0.15) is 12.1 Å². The third-order valence-corrected chi connectivity index (χ3v) is 4.39. The Morgan fingerprint density at radius 2 is 2.00 bits per heavy atom. The number of carbonyl (C=O) groups is 2. The molecule has 9 nitrogen and oxygen atoms in total. The van der Waals surface area contributed by atoms with Crippen LogP contribution in [0.3, 0.4) is 0 Å². The molecule has 0 unspecified atom stereocenters. The number of hydrogen-bond donors (Lipinski definition) is 3. The molecule has 1 aromatic rings. The predicted octanol–water partition coefficient (Wildman–Crippen LogP) is 1.91. The van der Waals surface area contributed by atoms with E-state index in [0.717, 1.165) is 0 Å². The summed E-state index contributed by atoms with van der Waals surface area (Å²) < 4.78 is 5.38. The number of aromatic nitrogens is 2. The summed E-state index contributed by atoms with van der Waals surface area (Å²) in [6, 6.07) is 0.624. The maximum Gasteiger partial charge on any atom is 0.408 e. The Labute approximate surface area is 156 Å². The number of carboxylic acid groups (broad SMARTS) is 1. The number of nitrogens with one attached hydrogen (secondary N) is 1. The van der Waals surface area contributed by atoms with Crippen LogP contribution in [-0.2, 0) is 9.53 Å². The Bertz CT molecular complexity index is 671. The summed E-state index contributed by atoms with van der Waals surface area (Å²) in [7, 11) is 0. The van der Waals surface area contributed by atoms with E-state index in [9.17, 15) is 14.7 Å². The predicted molar refractivity (Wildman–Crippen MR) is 97.2 cm³/mol. The number of nitrogens with zero attached hydrogens (tertiary/aromatic N) is 3. The standard InChI is InChI=1S/C16H24ClN5O4/c1-16(2,3)12(14(23)24)19-15(25)26-9-4-6-22(7-5-9)10-8-11(17)20-21-13(10)18/h8-9,12H,4-7H2,1-3H3,(H2,18,21)(H,19,25)(H,23,24)/t12-/m1/s1. The number of aliphatic carboxylic acids is 1. The summed E-state index contributed by atoms with van der Waals surface area (Å²) in [4.78, 5) is 25.4. The molecule has 0 saturated carbocycles. The van der Waals surface area contributed by atoms with Gasteiger partial charge in [0, 0.05) is 32.0 Å². The molecule has 10 heteroatoms. The Morgan fingerprint density at radius 3 is 2.54 bits per heavy atom. The molecular formula is C16H24ClN5O4. The molecule has 144 valence electrons. The summed E-state index contributed by atoms with van der Waals surface area (Å²) >= 11 is 5.86. The van der Waals surface area contributed by atoms with E-state index in [0.29, 0.717) is 37.4 Å². The van der Waals surface area contributed by atoms with Crippen molar-refractivity contribution in [1.82, 2.24) is 15.5 Å². The number of piperidine rings is 1. The first kappa shape index (κ1) is 20.0. The molecule has 4 N–H and O–H groups in total. The highest BCUT2D eigenvalue weighted by Crippen LogP contribution is 2.27. The lowest BCUT2D eigenvalue weighted by atomic mass is 9.87. The van der Waals surface area contributed by atoms with Gasteiger partial charge in [-0.3, -0.25) is 0 Å². The molecule has 1 fully saturated rings. The molecular weight excluding hydrogens is 362 g/mol. The Morgan fingerprint density at radius 1 is 1.38 bits per heavy atom. The minimum absolute atomic E-state index is 0.258. The van der Waals surface area contributed by atoms with Gasteiger partial charge in [-0.05, 0) is 5.41 Å². The van der Waals surface area contributed by atoms with E-state index in [4.69, 9.17) is 22.1 Å². The van der Waals surface area contributed by atoms with E-state index >= 15 is 0 Å². The van der Waals surface area contributed by atoms with Gasteiger partial charge in [-0.15, -0.1) is 10.2 Å². The second-order valence-corrected chi connectivity index (χ2v) is 7.70. The first-order valence-corrected chi connectivity index (χ1v) is 8.69. The third-order valence-electron chi connectivity index (χ3n) is 4.20. The number of alkyl carbamates (subject to hydrolysis) is 1. The number of carbonyl (C=O) groups excluding carboxylic acids is 1. The van der Waals surface area contributed by atoms with Gasteiger partial charge >= 0.3 is 12.1 Å². The van der Waals surface area contributed by atoms with Gasteiger partial charge in [-0.2, -0.15) is 0 Å². The Balaban J connectivity index is 1.89. The highest BCUT2D eigenvalue weighted by Gasteiger charge is 2.34. The average Bonchev–Trinajstić information content (AvgIpc) is 2.54. The van der Waals surface area contributed by atoms with Gasteiger partial charge in [0.05, 0.1) is 5.69 Å². The number of carboxylic acids is 1. The van der Waals surface area contributed by atoms with Crippen LogP contribution in [0.2, 0.25) is 5.15 Å². The van der Waals surface area contributed by atoms with E-state index in [1.165, 1.54) is 0 Å². The SMILES string of the molecule is CC(C)(C)[C@H](NC(=O)OC1CCN(c2cc(Cl)nnc2N)CC1)C(=O)O. The quantitative estimate of drug-likeness (QED) is 0.716. The number of hydrogen-bond acceptors (Lipinski definition) is 7. The maximum absolute atomic E-state index is 12.1. The zero-order chi connectivity index (χ0) is 19.5. The largest absolute Gasteiger partial charge is 0.480 e. The van der Waals surface area contributed by atoms with Crippen molar-refractivity contribution < 1.29 is 19.4 Å². The van der Waals surface area contributed by atoms with Crippen LogP contribution in [0, 0.1) is 5.41 Å². The van der Waals surface area contributed by atoms with E-state index < -0.39 is 23.5 Å². The minimum atomic E-state index is -1.10. The summed E-state index contributed by atoms with van der Waals surface area (Å²) in [5.74, 6) is -0.803. The topological polar surface area (TPSA) is 131 Å². The molecule has 0 aromatic carbocycles. The molecule has 1 saturated heterocycles. The van der Waals surface area contributed by atoms with Crippen molar-refractivity contribution >= 4 is 35.2 Å². The van der Waals surface area contributed by atoms with Crippen molar-refractivity contribution in [2.45, 2.75) is 45.8 Å². The number of halogens is 1. The number of nitrogens with two attached hydrogens (primary N) is 1. The van der Waals surface area contributed by atoms with E-state index in [2.05, 4.69) is 15.5 Å². The lowest BCUT2D eigenvalue weighted by molar-refractivity contribution is -0.142. The van der Waals surface area contributed by atoms with Gasteiger partial charge < -0.3 is 25.8 Å². The van der Waals surface area contributed by atoms with E-state index in [1.54, 1.807) is 26.8 Å². The van der Waals surface area contributed by atoms with Gasteiger partial charge in [0.2, 0.25) is 0 Å². The fourth-order valence-corrected chi connectivity index (χ4v) is 2.93. The fourth-order valence-electron chi connectivity index (χ4n) is 2.79. The summed E-state index contributed by atoms with van der Waals surface area (Å²) in [6.07, 6.45) is 0.145. The molecule has 1 amide bonds. The number of ether oxygens (including phenoxy) is 1. The molecule has 0 spiro atoms. The first-order chi connectivity index (χ1) is 12.1. The molecule has 1 aromatic heterocycles. The van der Waals surface area contributed by atoms with Crippen molar-refractivity contribution in [1.29, 1.82) is 0 Å². The zero-order valence-corrected chi connectivity index (χ0v) is 15.8. The highest BCUT2D eigenvalue weighted by atomic mass is 35.5. The number of anilines is 2. The number of amides is 1. The van der Waals surface area contributed by atoms with Crippen LogP contribution in [0.25, 0.3) is 0 Å². The smallest absolute Gasteiger partial charge is 0.408 e. The van der Waals surface area contributed by atoms with Crippen molar-refractivity contribution in [3.63, 3.8) is 0 Å². The van der Waals surface area contributed by atoms with Crippen molar-refractivity contribution in [2.24, 2.45) is 5.41 Å². The second-order valence-electron chi connectivity index (χ2n) is 7.31. The first-order valence-electron chi connectivity index (χ1n) is 8.31. The molecule has 0 aliphatic carbocycles. The Hall–Kier alpha value is -2.29. The monoisotopic (exact) mass is 385 g/mol. The summed E-state index contributed by atoms with van der Waals surface area (Å²) in [6.45, 7) is 6.42. The minimum Gasteiger partial charge on any atom is -0.480 e. The molecule has 1 aliphatic rings. The Kier molecular flexibility index (Phi) is 6.12. The van der Waals surface area contributed by atoms with Crippen LogP contribution in [0.4, 0.5) is 16.3 Å². The molecule has 26 heavy (non-hydrogen) atoms. The van der Waals surface area contributed by atoms with Gasteiger partial charge in [-0.25, -0.2) is 9.59 Å². The van der Waals surface area contributed by atoms with Crippen LogP contribution < -0.4 is 16.0 Å². The number of rotatable bonds is 4. The zero-order valence-electron chi connectivity index (χ0n) is 15.0. The van der Waals surface area contributed by atoms with E-state index in [-0.39, 0.29) is 11.3 Å². The lowest BCUT2D eigenvalue weighted by Crippen LogP contribution is -2.50. The van der Waals surface area contributed by atoms with Crippen LogP contribution in [0.15, 0.2) is 6.07 Å². The normalized spacial score (nSPS) is 16.8. The average molecular weight is 386 g/mol. The van der Waals surface area contributed by atoms with Crippen LogP contribution in [0.5, 0.6) is 0 Å². The molecule has 1 aliphatic heterocycles. The molecule has 2 rings (SSSR count). The van der Waals surface area contributed by atoms with Gasteiger partial charge in [-0.1, -0.05) is 32.4 Å². The van der Waals surface area contributed by atoms with Crippen LogP contribution in [0.1, 0.15) is 33.6 Å². The lowest BCUT2D eigenvalue weighted by Gasteiger charge is -2.34. The molecule has 2 heterocycles. The number of nitrogen functional groups attached to an aromatic ring is 1.